The van der Waals surface area contributed by atoms with E-state index in [0.29, 0.717) is 22.7 Å². The Kier molecular flexibility index (Phi) is 5.96. The van der Waals surface area contributed by atoms with Crippen LogP contribution in [0.25, 0.3) is 0 Å². The van der Waals surface area contributed by atoms with E-state index in [4.69, 9.17) is 14.2 Å². The van der Waals surface area contributed by atoms with Gasteiger partial charge in [-0.15, -0.1) is 0 Å². The van der Waals surface area contributed by atoms with E-state index in [1.54, 1.807) is 40.0 Å². The van der Waals surface area contributed by atoms with Gasteiger partial charge in [0.05, 0.1) is 26.4 Å². The van der Waals surface area contributed by atoms with Crippen LogP contribution in [0, 0.1) is 5.92 Å². The summed E-state index contributed by atoms with van der Waals surface area (Å²) in [5, 5.41) is 0. The van der Waals surface area contributed by atoms with Gasteiger partial charge in [0, 0.05) is 17.3 Å². The van der Waals surface area contributed by atoms with Crippen LogP contribution in [0.3, 0.4) is 0 Å². The van der Waals surface area contributed by atoms with Crippen molar-refractivity contribution in [1.82, 2.24) is 0 Å². The van der Waals surface area contributed by atoms with Crippen molar-refractivity contribution < 1.29 is 23.8 Å². The second-order valence-corrected chi connectivity index (χ2v) is 5.72. The molecule has 0 spiro atoms. The second kappa shape index (κ2) is 7.96. The van der Waals surface area contributed by atoms with Gasteiger partial charge in [0.2, 0.25) is 0 Å². The summed E-state index contributed by atoms with van der Waals surface area (Å²) in [7, 11) is 2.90. The molecule has 0 radical (unpaired) electrons. The number of nitrogens with zero attached hydrogens (tertiary/aromatic N) is 1. The quantitative estimate of drug-likeness (QED) is 0.767. The van der Waals surface area contributed by atoms with Crippen LogP contribution in [0.1, 0.15) is 32.3 Å². The van der Waals surface area contributed by atoms with E-state index in [1.807, 2.05) is 12.1 Å². The molecule has 0 amide bonds. The number of benzene rings is 1. The third-order valence-electron chi connectivity index (χ3n) is 4.25. The highest BCUT2D eigenvalue weighted by Gasteiger charge is 2.42. The number of hydrogen-bond acceptors (Lipinski definition) is 6. The molecule has 1 aromatic rings. The highest BCUT2D eigenvalue weighted by molar-refractivity contribution is 6.06. The molecule has 0 saturated carbocycles. The molecule has 0 N–H and O–H groups in total. The van der Waals surface area contributed by atoms with E-state index in [-0.39, 0.29) is 6.61 Å². The van der Waals surface area contributed by atoms with Gasteiger partial charge in [-0.1, -0.05) is 12.1 Å². The fraction of sp³-hybridized carbons (Fsp3) is 0.421. The van der Waals surface area contributed by atoms with Gasteiger partial charge in [0.15, 0.2) is 0 Å². The van der Waals surface area contributed by atoms with Crippen molar-refractivity contribution in [3.8, 4) is 5.75 Å². The Morgan fingerprint density at radius 3 is 2.28 bits per heavy atom. The first kappa shape index (κ1) is 18.7. The first-order chi connectivity index (χ1) is 11.9. The predicted octanol–water partition coefficient (Wildman–Crippen LogP) is 2.88. The fourth-order valence-corrected chi connectivity index (χ4v) is 3.12. The lowest BCUT2D eigenvalue weighted by Crippen LogP contribution is -2.36. The van der Waals surface area contributed by atoms with Crippen LogP contribution in [0.4, 0.5) is 0 Å². The van der Waals surface area contributed by atoms with Crippen molar-refractivity contribution in [1.29, 1.82) is 0 Å². The summed E-state index contributed by atoms with van der Waals surface area (Å²) >= 11 is 0. The van der Waals surface area contributed by atoms with Crippen LogP contribution in [-0.4, -0.2) is 38.5 Å². The number of methoxy groups -OCH3 is 2. The maximum atomic E-state index is 12.6. The lowest BCUT2D eigenvalue weighted by Gasteiger charge is -2.31. The number of carbonyl (C=O) groups excluding carboxylic acids is 2. The van der Waals surface area contributed by atoms with E-state index in [2.05, 4.69) is 4.99 Å². The molecular formula is C19H23NO5. The Balaban J connectivity index is 2.60. The maximum Gasteiger partial charge on any atom is 0.336 e. The zero-order valence-corrected chi connectivity index (χ0v) is 15.2. The summed E-state index contributed by atoms with van der Waals surface area (Å²) in [6.45, 7) is 5.52. The van der Waals surface area contributed by atoms with Crippen LogP contribution in [0.5, 0.6) is 5.75 Å². The number of carbonyl (C=O) groups is 2. The van der Waals surface area contributed by atoms with Crippen molar-refractivity contribution in [3.63, 3.8) is 0 Å². The summed E-state index contributed by atoms with van der Waals surface area (Å²) < 4.78 is 15.4. The van der Waals surface area contributed by atoms with Crippen LogP contribution in [0.2, 0.25) is 0 Å². The maximum absolute atomic E-state index is 12.6. The molecule has 134 valence electrons. The molecule has 1 unspecified atom stereocenters. The first-order valence-electron chi connectivity index (χ1n) is 8.09. The van der Waals surface area contributed by atoms with Crippen molar-refractivity contribution in [2.24, 2.45) is 10.9 Å². The number of allylic oxidation sites excluding steroid dienone is 1. The van der Waals surface area contributed by atoms with E-state index >= 15 is 0 Å². The van der Waals surface area contributed by atoms with Crippen molar-refractivity contribution in [3.05, 3.63) is 41.1 Å². The molecule has 6 nitrogen and oxygen atoms in total. The minimum absolute atomic E-state index is 0.258. The minimum Gasteiger partial charge on any atom is -0.497 e. The number of aliphatic imine (C=N–C) groups is 1. The summed E-state index contributed by atoms with van der Waals surface area (Å²) in [6, 6.07) is 7.26. The average Bonchev–Trinajstić information content (AvgIpc) is 2.60. The molecule has 1 aromatic carbocycles. The standard InChI is InChI=1S/C19H23NO5/c1-6-25-19(22)16-12(3)20-11(2)15(18(21)24-5)17(16)13-7-9-14(23-4)10-8-13/h7-10,16-17H,6H2,1-5H3/t16?,17-/m1/s1. The monoisotopic (exact) mass is 345 g/mol. The summed E-state index contributed by atoms with van der Waals surface area (Å²) in [4.78, 5) is 29.4. The van der Waals surface area contributed by atoms with Crippen LogP contribution in [-0.2, 0) is 19.1 Å². The zero-order valence-electron chi connectivity index (χ0n) is 15.2. The molecule has 0 fully saturated rings. The normalized spacial score (nSPS) is 20.0. The highest BCUT2D eigenvalue weighted by Crippen LogP contribution is 2.40. The Bertz CT molecular complexity index is 718. The number of esters is 2. The van der Waals surface area contributed by atoms with Crippen molar-refractivity contribution >= 4 is 17.7 Å². The van der Waals surface area contributed by atoms with Gasteiger partial charge < -0.3 is 14.2 Å². The van der Waals surface area contributed by atoms with Crippen LogP contribution < -0.4 is 4.74 Å². The van der Waals surface area contributed by atoms with Gasteiger partial charge in [-0.2, -0.15) is 0 Å². The third-order valence-corrected chi connectivity index (χ3v) is 4.25. The molecule has 0 saturated heterocycles. The molecule has 2 atom stereocenters. The Labute approximate surface area is 147 Å². The molecular weight excluding hydrogens is 322 g/mol. The minimum atomic E-state index is -0.675. The van der Waals surface area contributed by atoms with Gasteiger partial charge in [-0.3, -0.25) is 9.79 Å². The molecule has 1 aliphatic heterocycles. The summed E-state index contributed by atoms with van der Waals surface area (Å²) in [5.74, 6) is -1.40. The molecule has 0 aromatic heterocycles. The Morgan fingerprint density at radius 1 is 1.12 bits per heavy atom. The second-order valence-electron chi connectivity index (χ2n) is 5.72. The molecule has 1 heterocycles. The number of hydrogen-bond donors (Lipinski definition) is 0. The van der Waals surface area contributed by atoms with Gasteiger partial charge in [0.25, 0.3) is 0 Å². The van der Waals surface area contributed by atoms with Crippen molar-refractivity contribution in [2.75, 3.05) is 20.8 Å². The molecule has 2 rings (SSSR count). The zero-order chi connectivity index (χ0) is 18.6. The Hall–Kier alpha value is -2.63. The molecule has 0 bridgehead atoms. The van der Waals surface area contributed by atoms with E-state index in [9.17, 15) is 9.59 Å². The van der Waals surface area contributed by atoms with Crippen molar-refractivity contribution in [2.45, 2.75) is 26.7 Å². The topological polar surface area (TPSA) is 74.2 Å². The third kappa shape index (κ3) is 3.73. The molecule has 6 heteroatoms. The number of ether oxygens (including phenoxy) is 3. The van der Waals surface area contributed by atoms with E-state index in [1.165, 1.54) is 7.11 Å². The fourth-order valence-electron chi connectivity index (χ4n) is 3.12. The average molecular weight is 345 g/mol. The number of rotatable bonds is 5. The SMILES string of the molecule is CCOC(=O)C1C(C)=NC(C)=C(C(=O)OC)[C@H]1c1ccc(OC)cc1. The highest BCUT2D eigenvalue weighted by atomic mass is 16.5. The largest absolute Gasteiger partial charge is 0.497 e. The van der Waals surface area contributed by atoms with Crippen LogP contribution >= 0.6 is 0 Å². The lowest BCUT2D eigenvalue weighted by molar-refractivity contribution is -0.146. The van der Waals surface area contributed by atoms with E-state index < -0.39 is 23.8 Å². The molecule has 25 heavy (non-hydrogen) atoms. The first-order valence-corrected chi connectivity index (χ1v) is 8.09. The lowest BCUT2D eigenvalue weighted by atomic mass is 9.75. The molecule has 1 aliphatic rings. The van der Waals surface area contributed by atoms with Crippen LogP contribution in [0.15, 0.2) is 40.5 Å². The van der Waals surface area contributed by atoms with Gasteiger partial charge >= 0.3 is 11.9 Å². The van der Waals surface area contributed by atoms with E-state index in [0.717, 1.165) is 5.56 Å². The summed E-state index contributed by atoms with van der Waals surface area (Å²) in [6.07, 6.45) is 0. The van der Waals surface area contributed by atoms with Gasteiger partial charge in [0.1, 0.15) is 11.7 Å². The predicted molar refractivity (Wildman–Crippen MR) is 93.7 cm³/mol. The van der Waals surface area contributed by atoms with Gasteiger partial charge in [-0.05, 0) is 38.5 Å². The Morgan fingerprint density at radius 2 is 1.76 bits per heavy atom. The summed E-state index contributed by atoms with van der Waals surface area (Å²) in [5.41, 5.74) is 2.33. The molecule has 0 aliphatic carbocycles. The van der Waals surface area contributed by atoms with Gasteiger partial charge in [-0.25, -0.2) is 4.79 Å². The smallest absolute Gasteiger partial charge is 0.336 e.